The van der Waals surface area contributed by atoms with Crippen LogP contribution in [0.15, 0.2) is 6.20 Å². The van der Waals surface area contributed by atoms with Gasteiger partial charge in [-0.25, -0.2) is 8.78 Å². The minimum Gasteiger partial charge on any atom is -0.469 e. The average molecular weight is 329 g/mol. The van der Waals surface area contributed by atoms with Gasteiger partial charge in [-0.2, -0.15) is 0 Å². The van der Waals surface area contributed by atoms with Crippen molar-refractivity contribution in [1.82, 2.24) is 4.98 Å². The van der Waals surface area contributed by atoms with E-state index in [0.717, 1.165) is 0 Å². The molecule has 1 rings (SSSR count). The maximum atomic E-state index is 12.6. The Labute approximate surface area is 110 Å². The monoisotopic (exact) mass is 327 g/mol. The Balaban J connectivity index is 3.15. The summed E-state index contributed by atoms with van der Waals surface area (Å²) in [5, 5.41) is 0.269. The maximum absolute atomic E-state index is 12.6. The highest BCUT2D eigenvalue weighted by molar-refractivity contribution is 9.08. The van der Waals surface area contributed by atoms with E-state index in [0.29, 0.717) is 5.56 Å². The van der Waals surface area contributed by atoms with E-state index in [-0.39, 0.29) is 28.0 Å². The van der Waals surface area contributed by atoms with Gasteiger partial charge in [0.2, 0.25) is 0 Å². The smallest absolute Gasteiger partial charge is 0.310 e. The molecule has 94 valence electrons. The summed E-state index contributed by atoms with van der Waals surface area (Å²) >= 11 is 9.02. The van der Waals surface area contributed by atoms with Gasteiger partial charge in [-0.1, -0.05) is 27.5 Å². The number of pyridine rings is 1. The molecule has 17 heavy (non-hydrogen) atoms. The van der Waals surface area contributed by atoms with Crippen molar-refractivity contribution in [3.8, 4) is 0 Å². The second-order valence-corrected chi connectivity index (χ2v) is 4.09. The first-order valence-corrected chi connectivity index (χ1v) is 6.08. The van der Waals surface area contributed by atoms with Crippen molar-refractivity contribution in [2.24, 2.45) is 0 Å². The quantitative estimate of drug-likeness (QED) is 0.629. The number of carbonyl (C=O) groups is 1. The van der Waals surface area contributed by atoms with Crippen molar-refractivity contribution in [3.05, 3.63) is 28.0 Å². The fraction of sp³-hybridized carbons (Fsp3) is 0.400. The zero-order chi connectivity index (χ0) is 13.0. The van der Waals surface area contributed by atoms with Crippen LogP contribution in [0.25, 0.3) is 0 Å². The largest absolute Gasteiger partial charge is 0.469 e. The summed E-state index contributed by atoms with van der Waals surface area (Å²) in [5.41, 5.74) is 0.195. The van der Waals surface area contributed by atoms with Crippen molar-refractivity contribution in [2.45, 2.75) is 18.2 Å². The summed E-state index contributed by atoms with van der Waals surface area (Å²) in [6.45, 7) is 0. The van der Waals surface area contributed by atoms with E-state index in [2.05, 4.69) is 25.7 Å². The van der Waals surface area contributed by atoms with Crippen LogP contribution < -0.4 is 0 Å². The van der Waals surface area contributed by atoms with Crippen LogP contribution >= 0.6 is 27.5 Å². The lowest BCUT2D eigenvalue weighted by molar-refractivity contribution is -0.139. The standard InChI is InChI=1S/C10H9BrClF2NO2/c1-17-7(16)2-5-4-15-9(10(13)14)6(3-11)8(5)12/h4,10H,2-3H2,1H3. The lowest BCUT2D eigenvalue weighted by Crippen LogP contribution is -2.08. The summed E-state index contributed by atoms with van der Waals surface area (Å²) in [6.07, 6.45) is -1.62. The van der Waals surface area contributed by atoms with Gasteiger partial charge >= 0.3 is 5.97 Å². The number of carbonyl (C=O) groups excluding carboxylic acids is 1. The molecule has 1 aromatic heterocycles. The highest BCUT2D eigenvalue weighted by atomic mass is 79.9. The van der Waals surface area contributed by atoms with E-state index >= 15 is 0 Å². The van der Waals surface area contributed by atoms with E-state index in [9.17, 15) is 13.6 Å². The van der Waals surface area contributed by atoms with Gasteiger partial charge in [0.15, 0.2) is 0 Å². The van der Waals surface area contributed by atoms with Crippen molar-refractivity contribution in [3.63, 3.8) is 0 Å². The third-order valence-electron chi connectivity index (χ3n) is 2.12. The highest BCUT2D eigenvalue weighted by Gasteiger charge is 2.20. The van der Waals surface area contributed by atoms with Gasteiger partial charge in [-0.05, 0) is 0 Å². The zero-order valence-corrected chi connectivity index (χ0v) is 11.2. The Morgan fingerprint density at radius 1 is 1.65 bits per heavy atom. The number of esters is 1. The van der Waals surface area contributed by atoms with Crippen molar-refractivity contribution in [2.75, 3.05) is 7.11 Å². The Kier molecular flexibility index (Phi) is 5.27. The minimum absolute atomic E-state index is 0.0914. The lowest BCUT2D eigenvalue weighted by atomic mass is 10.1. The molecule has 0 aliphatic carbocycles. The van der Waals surface area contributed by atoms with E-state index in [1.54, 1.807) is 0 Å². The van der Waals surface area contributed by atoms with Gasteiger partial charge < -0.3 is 4.74 Å². The minimum atomic E-state index is -2.70. The van der Waals surface area contributed by atoms with E-state index in [1.165, 1.54) is 13.3 Å². The summed E-state index contributed by atoms with van der Waals surface area (Å²) in [6, 6.07) is 0. The molecule has 0 N–H and O–H groups in total. The van der Waals surface area contributed by atoms with Crippen LogP contribution in [-0.4, -0.2) is 18.1 Å². The Bertz CT molecular complexity index is 429. The van der Waals surface area contributed by atoms with Crippen LogP contribution in [0.1, 0.15) is 23.2 Å². The molecule has 0 aliphatic heterocycles. The third-order valence-corrected chi connectivity index (χ3v) is 3.15. The number of alkyl halides is 3. The van der Waals surface area contributed by atoms with Gasteiger partial charge in [-0.3, -0.25) is 9.78 Å². The number of hydrogen-bond acceptors (Lipinski definition) is 3. The molecule has 1 aromatic rings. The molecule has 0 fully saturated rings. The molecule has 0 saturated heterocycles. The maximum Gasteiger partial charge on any atom is 0.310 e. The van der Waals surface area contributed by atoms with Crippen LogP contribution in [0.2, 0.25) is 5.02 Å². The first-order chi connectivity index (χ1) is 8.01. The Hall–Kier alpha value is -0.750. The number of aromatic nitrogens is 1. The zero-order valence-electron chi connectivity index (χ0n) is 8.84. The van der Waals surface area contributed by atoms with Crippen LogP contribution in [-0.2, 0) is 21.3 Å². The van der Waals surface area contributed by atoms with Crippen molar-refractivity contribution in [1.29, 1.82) is 0 Å². The summed E-state index contributed by atoms with van der Waals surface area (Å²) in [5.74, 6) is -0.501. The van der Waals surface area contributed by atoms with E-state index in [4.69, 9.17) is 11.6 Å². The van der Waals surface area contributed by atoms with E-state index in [1.807, 2.05) is 0 Å². The molecule has 1 heterocycles. The highest BCUT2D eigenvalue weighted by Crippen LogP contribution is 2.31. The molecule has 0 bridgehead atoms. The number of hydrogen-bond donors (Lipinski definition) is 0. The Morgan fingerprint density at radius 2 is 2.29 bits per heavy atom. The molecule has 3 nitrogen and oxygen atoms in total. The van der Waals surface area contributed by atoms with Crippen molar-refractivity contribution >= 4 is 33.5 Å². The predicted octanol–water partition coefficient (Wildman–Crippen LogP) is 3.28. The number of ether oxygens (including phenoxy) is 1. The molecular formula is C10H9BrClF2NO2. The first kappa shape index (κ1) is 14.3. The molecule has 0 amide bonds. The molecule has 0 radical (unpaired) electrons. The van der Waals surface area contributed by atoms with Crippen LogP contribution in [0, 0.1) is 0 Å². The van der Waals surface area contributed by atoms with Gasteiger partial charge in [-0.15, -0.1) is 0 Å². The lowest BCUT2D eigenvalue weighted by Gasteiger charge is -2.11. The van der Waals surface area contributed by atoms with E-state index < -0.39 is 12.4 Å². The second-order valence-electron chi connectivity index (χ2n) is 3.15. The van der Waals surface area contributed by atoms with Crippen molar-refractivity contribution < 1.29 is 18.3 Å². The fourth-order valence-corrected chi connectivity index (χ4v) is 2.26. The summed E-state index contributed by atoms with van der Waals surface area (Å²) in [4.78, 5) is 14.7. The van der Waals surface area contributed by atoms with Gasteiger partial charge in [0.25, 0.3) is 6.43 Å². The molecule has 0 spiro atoms. The van der Waals surface area contributed by atoms with Gasteiger partial charge in [0, 0.05) is 22.7 Å². The topological polar surface area (TPSA) is 39.2 Å². The van der Waals surface area contributed by atoms with Crippen LogP contribution in [0.5, 0.6) is 0 Å². The molecular weight excluding hydrogens is 319 g/mol. The molecule has 0 saturated carbocycles. The predicted molar refractivity (Wildman–Crippen MR) is 62.6 cm³/mol. The van der Waals surface area contributed by atoms with Gasteiger partial charge in [0.05, 0.1) is 18.6 Å². The van der Waals surface area contributed by atoms with Crippen LogP contribution in [0.3, 0.4) is 0 Å². The molecule has 0 aliphatic rings. The number of methoxy groups -OCH3 is 1. The number of rotatable bonds is 4. The first-order valence-electron chi connectivity index (χ1n) is 4.58. The second kappa shape index (κ2) is 6.26. The molecule has 0 atom stereocenters. The molecule has 0 aromatic carbocycles. The fourth-order valence-electron chi connectivity index (χ4n) is 1.25. The number of nitrogens with zero attached hydrogens (tertiary/aromatic N) is 1. The normalized spacial score (nSPS) is 10.7. The third kappa shape index (κ3) is 3.35. The number of halogens is 4. The average Bonchev–Trinajstić information content (AvgIpc) is 2.30. The summed E-state index contributed by atoms with van der Waals surface area (Å²) in [7, 11) is 1.24. The van der Waals surface area contributed by atoms with Crippen LogP contribution in [0.4, 0.5) is 8.78 Å². The Morgan fingerprint density at radius 3 is 2.76 bits per heavy atom. The SMILES string of the molecule is COC(=O)Cc1cnc(C(F)F)c(CBr)c1Cl. The summed E-state index contributed by atoms with van der Waals surface area (Å²) < 4.78 is 29.7. The van der Waals surface area contributed by atoms with Gasteiger partial charge in [0.1, 0.15) is 5.69 Å². The molecule has 0 unspecified atom stereocenters. The molecule has 7 heteroatoms.